The Morgan fingerprint density at radius 1 is 1.11 bits per heavy atom. The monoisotopic (exact) mass is 513 g/mol. The molecule has 1 aliphatic rings. The average molecular weight is 514 g/mol. The van der Waals surface area contributed by atoms with Gasteiger partial charge in [-0.05, 0) is 81.5 Å². The fraction of sp³-hybridized carbons (Fsp3) is 0.276. The summed E-state index contributed by atoms with van der Waals surface area (Å²) in [5, 5.41) is 9.60. The summed E-state index contributed by atoms with van der Waals surface area (Å²) in [4.78, 5) is 34.0. The molecule has 0 radical (unpaired) electrons. The van der Waals surface area contributed by atoms with Gasteiger partial charge in [0.05, 0.1) is 5.69 Å². The van der Waals surface area contributed by atoms with Gasteiger partial charge in [0.15, 0.2) is 6.29 Å². The summed E-state index contributed by atoms with van der Waals surface area (Å²) in [6.45, 7) is 9.35. The molecule has 3 aromatic rings. The molecular formula is C29H35N7O2. The second-order valence-electron chi connectivity index (χ2n) is 9.70. The molecule has 0 spiro atoms. The number of carbonyl (C=O) groups is 1. The highest BCUT2D eigenvalue weighted by Gasteiger charge is 2.21. The molecule has 1 unspecified atom stereocenters. The fourth-order valence-corrected chi connectivity index (χ4v) is 4.29. The number of likely N-dealkylation sites (N-methyl/N-ethyl adjacent to an activating group) is 2. The number of anilines is 4. The zero-order valence-corrected chi connectivity index (χ0v) is 22.6. The van der Waals surface area contributed by atoms with Crippen molar-refractivity contribution in [2.75, 3.05) is 55.1 Å². The molecule has 2 aromatic carbocycles. The van der Waals surface area contributed by atoms with Crippen molar-refractivity contribution < 1.29 is 4.79 Å². The summed E-state index contributed by atoms with van der Waals surface area (Å²) < 4.78 is 1.60. The second-order valence-corrected chi connectivity index (χ2v) is 9.70. The van der Waals surface area contributed by atoms with Crippen LogP contribution in [0.4, 0.5) is 22.9 Å². The van der Waals surface area contributed by atoms with E-state index in [0.29, 0.717) is 17.2 Å². The van der Waals surface area contributed by atoms with Crippen molar-refractivity contribution >= 4 is 35.0 Å². The molecule has 2 heterocycles. The first-order valence-electron chi connectivity index (χ1n) is 12.5. The Morgan fingerprint density at radius 3 is 2.61 bits per heavy atom. The standard InChI is InChI=1S/C29H35N7O2/c1-7-26(37)31-21-9-8-10-23(17-21)36-27(38)16-19(2)24-18-30-29(33-28(24)36)32-25-12-11-22(15-20(25)3)35(6)14-13-34(4)5/h7-12,15-18,29,32-33H,1,13-14H2,2-6H3,(H,31,37). The largest absolute Gasteiger partial charge is 0.373 e. The number of rotatable bonds is 9. The van der Waals surface area contributed by atoms with Crippen molar-refractivity contribution in [2.24, 2.45) is 4.99 Å². The predicted octanol–water partition coefficient (Wildman–Crippen LogP) is 3.82. The van der Waals surface area contributed by atoms with Crippen molar-refractivity contribution in [1.82, 2.24) is 9.47 Å². The lowest BCUT2D eigenvalue weighted by Crippen LogP contribution is -2.35. The fourth-order valence-electron chi connectivity index (χ4n) is 4.29. The zero-order valence-electron chi connectivity index (χ0n) is 22.6. The molecule has 0 saturated heterocycles. The maximum atomic E-state index is 13.2. The van der Waals surface area contributed by atoms with Gasteiger partial charge in [-0.25, -0.2) is 4.99 Å². The van der Waals surface area contributed by atoms with Crippen LogP contribution in [-0.4, -0.2) is 62.1 Å². The number of fused-ring (bicyclic) bond motifs is 1. The normalized spacial score (nSPS) is 14.0. The Morgan fingerprint density at radius 2 is 1.89 bits per heavy atom. The van der Waals surface area contributed by atoms with Gasteiger partial charge in [-0.1, -0.05) is 12.6 Å². The van der Waals surface area contributed by atoms with Gasteiger partial charge >= 0.3 is 0 Å². The summed E-state index contributed by atoms with van der Waals surface area (Å²) in [6, 6.07) is 15.0. The van der Waals surface area contributed by atoms with Crippen LogP contribution in [0.3, 0.4) is 0 Å². The molecule has 9 nitrogen and oxygen atoms in total. The SMILES string of the molecule is C=CC(=O)Nc1cccc(-n2c3c(c(C)cc2=O)C=NC(Nc2ccc(N(C)CCN(C)C)cc2C)N3)c1. The molecule has 0 saturated carbocycles. The number of aryl methyl sites for hydroxylation is 2. The van der Waals surface area contributed by atoms with E-state index < -0.39 is 6.29 Å². The molecule has 9 heteroatoms. The third kappa shape index (κ3) is 5.95. The van der Waals surface area contributed by atoms with Crippen LogP contribution in [0, 0.1) is 13.8 Å². The molecule has 0 fully saturated rings. The third-order valence-electron chi connectivity index (χ3n) is 6.47. The summed E-state index contributed by atoms with van der Waals surface area (Å²) in [6.07, 6.45) is 2.52. The maximum absolute atomic E-state index is 13.2. The maximum Gasteiger partial charge on any atom is 0.256 e. The summed E-state index contributed by atoms with van der Waals surface area (Å²) >= 11 is 0. The minimum Gasteiger partial charge on any atom is -0.373 e. The first-order valence-corrected chi connectivity index (χ1v) is 12.5. The van der Waals surface area contributed by atoms with E-state index in [1.54, 1.807) is 35.0 Å². The topological polar surface area (TPSA) is 94.0 Å². The van der Waals surface area contributed by atoms with Crippen LogP contribution in [0.15, 0.2) is 71.0 Å². The van der Waals surface area contributed by atoms with E-state index in [1.165, 1.54) is 6.08 Å². The van der Waals surface area contributed by atoms with Crippen LogP contribution in [0.5, 0.6) is 0 Å². The van der Waals surface area contributed by atoms with Gasteiger partial charge in [-0.2, -0.15) is 0 Å². The lowest BCUT2D eigenvalue weighted by Gasteiger charge is -2.28. The number of aliphatic imine (C=N–C) groups is 1. The summed E-state index contributed by atoms with van der Waals surface area (Å²) in [5.74, 6) is 0.313. The van der Waals surface area contributed by atoms with E-state index >= 15 is 0 Å². The molecule has 1 aromatic heterocycles. The van der Waals surface area contributed by atoms with Crippen molar-refractivity contribution in [1.29, 1.82) is 0 Å². The molecule has 1 aliphatic heterocycles. The van der Waals surface area contributed by atoms with Crippen molar-refractivity contribution in [2.45, 2.75) is 20.1 Å². The number of hydrogen-bond acceptors (Lipinski definition) is 7. The number of benzene rings is 2. The van der Waals surface area contributed by atoms with E-state index in [1.807, 2.05) is 13.0 Å². The Bertz CT molecular complexity index is 1440. The lowest BCUT2D eigenvalue weighted by atomic mass is 10.1. The Hall–Kier alpha value is -4.37. The minimum absolute atomic E-state index is 0.184. The summed E-state index contributed by atoms with van der Waals surface area (Å²) in [5.41, 5.74) is 5.85. The lowest BCUT2D eigenvalue weighted by molar-refractivity contribution is -0.111. The first kappa shape index (κ1) is 26.7. The molecule has 0 bridgehead atoms. The first-order chi connectivity index (χ1) is 18.2. The number of carbonyl (C=O) groups excluding carboxylic acids is 1. The van der Waals surface area contributed by atoms with E-state index in [2.05, 4.69) is 83.6 Å². The van der Waals surface area contributed by atoms with E-state index in [0.717, 1.165) is 41.2 Å². The van der Waals surface area contributed by atoms with Crippen LogP contribution >= 0.6 is 0 Å². The molecule has 198 valence electrons. The van der Waals surface area contributed by atoms with Gasteiger partial charge in [0.25, 0.3) is 5.56 Å². The van der Waals surface area contributed by atoms with Gasteiger partial charge in [0.2, 0.25) is 5.91 Å². The Kier molecular flexibility index (Phi) is 7.97. The number of nitrogens with one attached hydrogen (secondary N) is 3. The van der Waals surface area contributed by atoms with Gasteiger partial charge in [0.1, 0.15) is 5.82 Å². The minimum atomic E-state index is -0.477. The van der Waals surface area contributed by atoms with Crippen LogP contribution in [-0.2, 0) is 4.79 Å². The van der Waals surface area contributed by atoms with Gasteiger partial charge in [0, 0.05) is 55.0 Å². The molecule has 38 heavy (non-hydrogen) atoms. The van der Waals surface area contributed by atoms with Crippen LogP contribution in [0.2, 0.25) is 0 Å². The highest BCUT2D eigenvalue weighted by Crippen LogP contribution is 2.27. The summed E-state index contributed by atoms with van der Waals surface area (Å²) in [7, 11) is 6.23. The molecular weight excluding hydrogens is 478 g/mol. The Labute approximate surface area is 223 Å². The average Bonchev–Trinajstić information content (AvgIpc) is 2.88. The van der Waals surface area contributed by atoms with Crippen molar-refractivity contribution in [3.63, 3.8) is 0 Å². The quantitative estimate of drug-likeness (QED) is 0.377. The predicted molar refractivity (Wildman–Crippen MR) is 157 cm³/mol. The van der Waals surface area contributed by atoms with Gasteiger partial charge in [-0.3, -0.25) is 14.2 Å². The van der Waals surface area contributed by atoms with Crippen LogP contribution < -0.4 is 26.4 Å². The number of aromatic nitrogens is 1. The van der Waals surface area contributed by atoms with Crippen LogP contribution in [0.1, 0.15) is 16.7 Å². The van der Waals surface area contributed by atoms with Gasteiger partial charge < -0.3 is 25.8 Å². The highest BCUT2D eigenvalue weighted by atomic mass is 16.1. The van der Waals surface area contributed by atoms with Gasteiger partial charge in [-0.15, -0.1) is 0 Å². The highest BCUT2D eigenvalue weighted by molar-refractivity contribution is 5.99. The number of nitrogens with zero attached hydrogens (tertiary/aromatic N) is 4. The van der Waals surface area contributed by atoms with Crippen molar-refractivity contribution in [3.05, 3.63) is 88.2 Å². The number of hydrogen-bond donors (Lipinski definition) is 3. The second kappa shape index (κ2) is 11.4. The van der Waals surface area contributed by atoms with E-state index in [-0.39, 0.29) is 11.5 Å². The molecule has 1 amide bonds. The smallest absolute Gasteiger partial charge is 0.256 e. The molecule has 1 atom stereocenters. The van der Waals surface area contributed by atoms with Crippen LogP contribution in [0.25, 0.3) is 5.69 Å². The van der Waals surface area contributed by atoms with E-state index in [9.17, 15) is 9.59 Å². The Balaban J connectivity index is 1.60. The zero-order chi connectivity index (χ0) is 27.4. The van der Waals surface area contributed by atoms with E-state index in [4.69, 9.17) is 0 Å². The number of pyridine rings is 1. The van der Waals surface area contributed by atoms with Crippen molar-refractivity contribution in [3.8, 4) is 5.69 Å². The third-order valence-corrected chi connectivity index (χ3v) is 6.47. The molecule has 3 N–H and O–H groups in total. The molecule has 4 rings (SSSR count). The number of amides is 1. The molecule has 0 aliphatic carbocycles.